The fraction of sp³-hybridized carbons (Fsp3) is 0.375. The summed E-state index contributed by atoms with van der Waals surface area (Å²) >= 11 is 0. The summed E-state index contributed by atoms with van der Waals surface area (Å²) in [6, 6.07) is 1.99. The van der Waals surface area contributed by atoms with Crippen LogP contribution in [0.4, 0.5) is 0 Å². The van der Waals surface area contributed by atoms with Crippen molar-refractivity contribution in [3.8, 4) is 6.07 Å². The minimum Gasteiger partial charge on any atom is -0.396 e. The van der Waals surface area contributed by atoms with Crippen molar-refractivity contribution in [2.24, 2.45) is 0 Å². The number of aliphatic hydroxyl groups excluding tert-OH is 1. The molecule has 0 saturated carbocycles. The van der Waals surface area contributed by atoms with Crippen LogP contribution < -0.4 is 0 Å². The lowest BCUT2D eigenvalue weighted by Gasteiger charge is -1.79. The van der Waals surface area contributed by atoms with Crippen LogP contribution in [-0.2, 0) is 0 Å². The van der Waals surface area contributed by atoms with Gasteiger partial charge in [-0.1, -0.05) is 24.3 Å². The molecule has 0 saturated heterocycles. The second-order valence-electron chi connectivity index (χ2n) is 1.73. The molecule has 0 aromatic heterocycles. The summed E-state index contributed by atoms with van der Waals surface area (Å²) in [5, 5.41) is 16.4. The lowest BCUT2D eigenvalue weighted by atomic mass is 10.3. The Balaban J connectivity index is 3.25. The van der Waals surface area contributed by atoms with E-state index in [1.807, 2.05) is 18.2 Å². The van der Waals surface area contributed by atoms with E-state index >= 15 is 0 Å². The summed E-state index contributed by atoms with van der Waals surface area (Å²) in [5.41, 5.74) is 0. The molecule has 0 aliphatic carbocycles. The molecule has 10 heavy (non-hydrogen) atoms. The SMILES string of the molecule is N#CC/C=C/C=C/CCO. The maximum atomic E-state index is 8.34. The van der Waals surface area contributed by atoms with E-state index in [0.717, 1.165) is 0 Å². The van der Waals surface area contributed by atoms with Gasteiger partial charge in [0, 0.05) is 6.61 Å². The average molecular weight is 137 g/mol. The molecule has 0 amide bonds. The summed E-state index contributed by atoms with van der Waals surface area (Å²) in [4.78, 5) is 0. The first-order valence-corrected chi connectivity index (χ1v) is 3.21. The summed E-state index contributed by atoms with van der Waals surface area (Å²) in [7, 11) is 0. The van der Waals surface area contributed by atoms with Gasteiger partial charge in [0.15, 0.2) is 0 Å². The number of nitriles is 1. The standard InChI is InChI=1S/C8H11NO/c9-7-5-3-1-2-4-6-8-10/h1-4,10H,5-6,8H2/b3-1+,4-2+. The van der Waals surface area contributed by atoms with Crippen molar-refractivity contribution in [2.75, 3.05) is 6.61 Å². The van der Waals surface area contributed by atoms with Gasteiger partial charge in [-0.2, -0.15) is 5.26 Å². The molecule has 0 aliphatic heterocycles. The van der Waals surface area contributed by atoms with Crippen molar-refractivity contribution in [3.05, 3.63) is 24.3 Å². The molecular weight excluding hydrogens is 126 g/mol. The lowest BCUT2D eigenvalue weighted by Crippen LogP contribution is -1.73. The Morgan fingerprint density at radius 1 is 1.30 bits per heavy atom. The molecule has 0 heterocycles. The van der Waals surface area contributed by atoms with Crippen LogP contribution in [-0.4, -0.2) is 11.7 Å². The molecule has 0 radical (unpaired) electrons. The van der Waals surface area contributed by atoms with Crippen molar-refractivity contribution in [1.29, 1.82) is 5.26 Å². The molecular formula is C8H11NO. The van der Waals surface area contributed by atoms with Gasteiger partial charge >= 0.3 is 0 Å². The van der Waals surface area contributed by atoms with Crippen LogP contribution in [0.1, 0.15) is 12.8 Å². The molecule has 2 heteroatoms. The smallest absolute Gasteiger partial charge is 0.0663 e. The Hall–Kier alpha value is -1.07. The Morgan fingerprint density at radius 3 is 2.60 bits per heavy atom. The number of hydrogen-bond donors (Lipinski definition) is 1. The van der Waals surface area contributed by atoms with Gasteiger partial charge in [0.25, 0.3) is 0 Å². The van der Waals surface area contributed by atoms with Gasteiger partial charge in [-0.05, 0) is 6.42 Å². The van der Waals surface area contributed by atoms with E-state index in [0.29, 0.717) is 12.8 Å². The third kappa shape index (κ3) is 6.93. The number of rotatable bonds is 4. The van der Waals surface area contributed by atoms with Gasteiger partial charge < -0.3 is 5.11 Å². The van der Waals surface area contributed by atoms with Crippen LogP contribution >= 0.6 is 0 Å². The zero-order chi connectivity index (χ0) is 7.66. The molecule has 2 nitrogen and oxygen atoms in total. The molecule has 0 spiro atoms. The number of nitrogens with zero attached hydrogens (tertiary/aromatic N) is 1. The highest BCUT2D eigenvalue weighted by Gasteiger charge is 1.70. The lowest BCUT2D eigenvalue weighted by molar-refractivity contribution is 0.302. The van der Waals surface area contributed by atoms with Crippen LogP contribution in [0.3, 0.4) is 0 Å². The van der Waals surface area contributed by atoms with Crippen LogP contribution in [0.25, 0.3) is 0 Å². The fourth-order valence-corrected chi connectivity index (χ4v) is 0.449. The van der Waals surface area contributed by atoms with E-state index in [-0.39, 0.29) is 6.61 Å². The topological polar surface area (TPSA) is 44.0 Å². The van der Waals surface area contributed by atoms with Gasteiger partial charge in [-0.3, -0.25) is 0 Å². The Kier molecular flexibility index (Phi) is 7.08. The van der Waals surface area contributed by atoms with Crippen LogP contribution in [0, 0.1) is 11.3 Å². The maximum absolute atomic E-state index is 8.34. The van der Waals surface area contributed by atoms with Crippen LogP contribution in [0.5, 0.6) is 0 Å². The Bertz CT molecular complexity index is 153. The summed E-state index contributed by atoms with van der Waals surface area (Å²) < 4.78 is 0. The maximum Gasteiger partial charge on any atom is 0.0663 e. The number of aliphatic hydroxyl groups is 1. The number of hydrogen-bond acceptors (Lipinski definition) is 2. The van der Waals surface area contributed by atoms with Crippen LogP contribution in [0.15, 0.2) is 24.3 Å². The molecule has 0 rings (SSSR count). The molecule has 0 bridgehead atoms. The normalized spacial score (nSPS) is 10.8. The predicted octanol–water partition coefficient (Wildman–Crippen LogP) is 1.39. The third-order valence-electron chi connectivity index (χ3n) is 0.888. The zero-order valence-corrected chi connectivity index (χ0v) is 5.83. The van der Waals surface area contributed by atoms with Crippen molar-refractivity contribution < 1.29 is 5.11 Å². The van der Waals surface area contributed by atoms with Crippen molar-refractivity contribution >= 4 is 0 Å². The third-order valence-corrected chi connectivity index (χ3v) is 0.888. The first-order valence-electron chi connectivity index (χ1n) is 3.21. The van der Waals surface area contributed by atoms with E-state index in [2.05, 4.69) is 0 Å². The van der Waals surface area contributed by atoms with E-state index < -0.39 is 0 Å². The zero-order valence-electron chi connectivity index (χ0n) is 5.83. The van der Waals surface area contributed by atoms with Gasteiger partial charge in [0.1, 0.15) is 0 Å². The summed E-state index contributed by atoms with van der Waals surface area (Å²) in [5.74, 6) is 0. The molecule has 0 aromatic rings. The quantitative estimate of drug-likeness (QED) is 0.595. The van der Waals surface area contributed by atoms with Gasteiger partial charge in [-0.25, -0.2) is 0 Å². The number of allylic oxidation sites excluding steroid dienone is 3. The Labute approximate surface area is 61.1 Å². The second-order valence-corrected chi connectivity index (χ2v) is 1.73. The molecule has 0 atom stereocenters. The first kappa shape index (κ1) is 8.93. The molecule has 0 aromatic carbocycles. The van der Waals surface area contributed by atoms with Crippen molar-refractivity contribution in [1.82, 2.24) is 0 Å². The fourth-order valence-electron chi connectivity index (χ4n) is 0.449. The van der Waals surface area contributed by atoms with E-state index in [1.54, 1.807) is 12.2 Å². The molecule has 54 valence electrons. The predicted molar refractivity (Wildman–Crippen MR) is 40.2 cm³/mol. The highest BCUT2D eigenvalue weighted by Crippen LogP contribution is 1.84. The second kappa shape index (κ2) is 7.93. The van der Waals surface area contributed by atoms with E-state index in [1.165, 1.54) is 0 Å². The van der Waals surface area contributed by atoms with Gasteiger partial charge in [0.05, 0.1) is 12.5 Å². The minimum atomic E-state index is 0.183. The van der Waals surface area contributed by atoms with E-state index in [9.17, 15) is 0 Å². The Morgan fingerprint density at radius 2 is 2.00 bits per heavy atom. The largest absolute Gasteiger partial charge is 0.396 e. The van der Waals surface area contributed by atoms with Gasteiger partial charge in [0.2, 0.25) is 0 Å². The first-order chi connectivity index (χ1) is 4.91. The van der Waals surface area contributed by atoms with Crippen molar-refractivity contribution in [3.63, 3.8) is 0 Å². The van der Waals surface area contributed by atoms with Crippen molar-refractivity contribution in [2.45, 2.75) is 12.8 Å². The molecule has 0 fully saturated rings. The summed E-state index contributed by atoms with van der Waals surface area (Å²) in [6.45, 7) is 0.183. The highest BCUT2D eigenvalue weighted by molar-refractivity contribution is 5.04. The monoisotopic (exact) mass is 137 g/mol. The van der Waals surface area contributed by atoms with E-state index in [4.69, 9.17) is 10.4 Å². The van der Waals surface area contributed by atoms with Crippen LogP contribution in [0.2, 0.25) is 0 Å². The molecule has 1 N–H and O–H groups in total. The average Bonchev–Trinajstić information content (AvgIpc) is 1.97. The highest BCUT2D eigenvalue weighted by atomic mass is 16.2. The molecule has 0 aliphatic rings. The minimum absolute atomic E-state index is 0.183. The molecule has 0 unspecified atom stereocenters. The summed E-state index contributed by atoms with van der Waals surface area (Å²) in [6.07, 6.45) is 8.38. The van der Waals surface area contributed by atoms with Gasteiger partial charge in [-0.15, -0.1) is 0 Å².